The lowest BCUT2D eigenvalue weighted by molar-refractivity contribution is -0.187. The number of likely N-dealkylation sites (tertiary alicyclic amines) is 1. The Balaban J connectivity index is 1.55. The maximum absolute atomic E-state index is 12.2. The molecule has 7 heteroatoms. The minimum Gasteiger partial charge on any atom is -0.347 e. The zero-order valence-electron chi connectivity index (χ0n) is 12.6. The van der Waals surface area contributed by atoms with E-state index in [4.69, 9.17) is 14.7 Å². The smallest absolute Gasteiger partial charge is 0.313 e. The average molecular weight is 315 g/mol. The van der Waals surface area contributed by atoms with Crippen LogP contribution in [0.2, 0.25) is 0 Å². The number of hydrogen-bond acceptors (Lipinski definition) is 5. The van der Waals surface area contributed by atoms with Crippen LogP contribution in [-0.4, -0.2) is 48.8 Å². The van der Waals surface area contributed by atoms with Crippen LogP contribution in [0, 0.1) is 11.3 Å². The van der Waals surface area contributed by atoms with Gasteiger partial charge in [0.25, 0.3) is 0 Å². The summed E-state index contributed by atoms with van der Waals surface area (Å²) in [6, 6.07) is 8.34. The molecule has 1 aromatic rings. The number of carbonyl (C=O) groups excluding carboxylic acids is 2. The van der Waals surface area contributed by atoms with Crippen LogP contribution < -0.4 is 5.32 Å². The average Bonchev–Trinajstić information content (AvgIpc) is 3.03. The molecular formula is C16H17N3O4. The number of nitrogens with zero attached hydrogens (tertiary/aromatic N) is 2. The molecule has 2 amide bonds. The molecule has 2 aliphatic rings. The molecule has 0 aromatic heterocycles. The van der Waals surface area contributed by atoms with Gasteiger partial charge in [0.1, 0.15) is 0 Å². The van der Waals surface area contributed by atoms with E-state index in [1.807, 2.05) is 6.07 Å². The van der Waals surface area contributed by atoms with E-state index in [-0.39, 0.29) is 0 Å². The highest BCUT2D eigenvalue weighted by Gasteiger charge is 2.41. The van der Waals surface area contributed by atoms with Crippen LogP contribution in [0.3, 0.4) is 0 Å². The summed E-state index contributed by atoms with van der Waals surface area (Å²) in [5, 5.41) is 11.3. The van der Waals surface area contributed by atoms with Crippen LogP contribution in [0.4, 0.5) is 5.69 Å². The summed E-state index contributed by atoms with van der Waals surface area (Å²) < 4.78 is 11.2. The lowest BCUT2D eigenvalue weighted by atomic mass is 10.0. The summed E-state index contributed by atoms with van der Waals surface area (Å²) in [5.74, 6) is -1.82. The number of hydrogen-bond donors (Lipinski definition) is 1. The van der Waals surface area contributed by atoms with Crippen molar-refractivity contribution in [1.29, 1.82) is 5.26 Å². The molecular weight excluding hydrogens is 298 g/mol. The van der Waals surface area contributed by atoms with Gasteiger partial charge < -0.3 is 19.7 Å². The Morgan fingerprint density at radius 3 is 2.30 bits per heavy atom. The van der Waals surface area contributed by atoms with Crippen LogP contribution in [0.5, 0.6) is 0 Å². The Morgan fingerprint density at radius 2 is 1.74 bits per heavy atom. The van der Waals surface area contributed by atoms with Crippen LogP contribution in [-0.2, 0) is 19.1 Å². The van der Waals surface area contributed by atoms with Gasteiger partial charge >= 0.3 is 11.8 Å². The second kappa shape index (κ2) is 6.36. The van der Waals surface area contributed by atoms with Gasteiger partial charge in [-0.25, -0.2) is 0 Å². The quantitative estimate of drug-likeness (QED) is 0.776. The van der Waals surface area contributed by atoms with Crippen molar-refractivity contribution >= 4 is 17.5 Å². The highest BCUT2D eigenvalue weighted by Crippen LogP contribution is 2.31. The Hall–Kier alpha value is -2.43. The molecule has 7 nitrogen and oxygen atoms in total. The van der Waals surface area contributed by atoms with Crippen molar-refractivity contribution in [3.05, 3.63) is 29.8 Å². The SMILES string of the molecule is N#Cc1ccc(NC(=O)C(=O)N2CCC3(CC2)OCCO3)cc1. The molecule has 0 radical (unpaired) electrons. The number of benzene rings is 1. The third-order valence-electron chi connectivity index (χ3n) is 4.09. The molecule has 0 aliphatic carbocycles. The van der Waals surface area contributed by atoms with Gasteiger partial charge in [-0.3, -0.25) is 9.59 Å². The largest absolute Gasteiger partial charge is 0.347 e. The van der Waals surface area contributed by atoms with Crippen LogP contribution in [0.15, 0.2) is 24.3 Å². The van der Waals surface area contributed by atoms with Gasteiger partial charge in [0, 0.05) is 31.6 Å². The number of anilines is 1. The first kappa shape index (κ1) is 15.5. The lowest BCUT2D eigenvalue weighted by Gasteiger charge is -2.37. The Bertz CT molecular complexity index is 634. The molecule has 2 aliphatic heterocycles. The second-order valence-electron chi connectivity index (χ2n) is 5.54. The zero-order valence-corrected chi connectivity index (χ0v) is 12.6. The van der Waals surface area contributed by atoms with Crippen molar-refractivity contribution < 1.29 is 19.1 Å². The summed E-state index contributed by atoms with van der Waals surface area (Å²) >= 11 is 0. The summed E-state index contributed by atoms with van der Waals surface area (Å²) in [5.41, 5.74) is 0.977. The number of nitrogens with one attached hydrogen (secondary N) is 1. The Labute approximate surface area is 133 Å². The number of amides is 2. The van der Waals surface area contributed by atoms with Crippen molar-refractivity contribution in [1.82, 2.24) is 4.90 Å². The molecule has 2 fully saturated rings. The number of piperidine rings is 1. The fourth-order valence-electron chi connectivity index (χ4n) is 2.79. The van der Waals surface area contributed by atoms with Crippen LogP contribution in [0.25, 0.3) is 0 Å². The molecule has 0 bridgehead atoms. The number of ether oxygens (including phenoxy) is 2. The van der Waals surface area contributed by atoms with E-state index in [9.17, 15) is 9.59 Å². The Morgan fingerprint density at radius 1 is 1.13 bits per heavy atom. The van der Waals surface area contributed by atoms with E-state index in [0.29, 0.717) is 50.4 Å². The van der Waals surface area contributed by atoms with Crippen LogP contribution >= 0.6 is 0 Å². The molecule has 1 N–H and O–H groups in total. The molecule has 0 unspecified atom stereocenters. The van der Waals surface area contributed by atoms with E-state index in [1.165, 1.54) is 4.90 Å². The molecule has 2 heterocycles. The third kappa shape index (κ3) is 3.33. The summed E-state index contributed by atoms with van der Waals surface area (Å²) in [7, 11) is 0. The maximum atomic E-state index is 12.2. The molecule has 120 valence electrons. The summed E-state index contributed by atoms with van der Waals surface area (Å²) in [4.78, 5) is 25.8. The monoisotopic (exact) mass is 315 g/mol. The van der Waals surface area contributed by atoms with Crippen molar-refractivity contribution in [2.24, 2.45) is 0 Å². The summed E-state index contributed by atoms with van der Waals surface area (Å²) in [6.07, 6.45) is 1.14. The fraction of sp³-hybridized carbons (Fsp3) is 0.438. The predicted octanol–water partition coefficient (Wildman–Crippen LogP) is 0.862. The van der Waals surface area contributed by atoms with Gasteiger partial charge in [-0.1, -0.05) is 0 Å². The maximum Gasteiger partial charge on any atom is 0.313 e. The van der Waals surface area contributed by atoms with E-state index in [2.05, 4.69) is 5.32 Å². The van der Waals surface area contributed by atoms with Crippen molar-refractivity contribution in [2.75, 3.05) is 31.6 Å². The second-order valence-corrected chi connectivity index (χ2v) is 5.54. The standard InChI is InChI=1S/C16H17N3O4/c17-11-12-1-3-13(4-2-12)18-14(20)15(21)19-7-5-16(6-8-19)22-9-10-23-16/h1-4H,5-10H2,(H,18,20). The van der Waals surface area contributed by atoms with Crippen LogP contribution in [0.1, 0.15) is 18.4 Å². The number of rotatable bonds is 1. The third-order valence-corrected chi connectivity index (χ3v) is 4.09. The minimum atomic E-state index is -0.682. The number of nitriles is 1. The van der Waals surface area contributed by atoms with Gasteiger partial charge in [-0.15, -0.1) is 0 Å². The van der Waals surface area contributed by atoms with Gasteiger partial charge in [-0.05, 0) is 24.3 Å². The fourth-order valence-corrected chi connectivity index (χ4v) is 2.79. The highest BCUT2D eigenvalue weighted by molar-refractivity contribution is 6.39. The van der Waals surface area contributed by atoms with Gasteiger partial charge in [-0.2, -0.15) is 5.26 Å². The molecule has 0 atom stereocenters. The first-order valence-corrected chi connectivity index (χ1v) is 7.50. The van der Waals surface area contributed by atoms with E-state index in [1.54, 1.807) is 24.3 Å². The van der Waals surface area contributed by atoms with Gasteiger partial charge in [0.2, 0.25) is 0 Å². The molecule has 2 saturated heterocycles. The lowest BCUT2D eigenvalue weighted by Crippen LogP contribution is -2.50. The van der Waals surface area contributed by atoms with Crippen molar-refractivity contribution in [3.8, 4) is 6.07 Å². The minimum absolute atomic E-state index is 0.430. The first-order valence-electron chi connectivity index (χ1n) is 7.50. The zero-order chi connectivity index (χ0) is 16.3. The van der Waals surface area contributed by atoms with Crippen molar-refractivity contribution in [2.45, 2.75) is 18.6 Å². The van der Waals surface area contributed by atoms with Gasteiger partial charge in [0.15, 0.2) is 5.79 Å². The topological polar surface area (TPSA) is 91.7 Å². The van der Waals surface area contributed by atoms with E-state index >= 15 is 0 Å². The molecule has 1 spiro atoms. The molecule has 0 saturated carbocycles. The molecule has 1 aromatic carbocycles. The van der Waals surface area contributed by atoms with E-state index in [0.717, 1.165) is 0 Å². The number of carbonyl (C=O) groups is 2. The predicted molar refractivity (Wildman–Crippen MR) is 80.2 cm³/mol. The first-order chi connectivity index (χ1) is 11.1. The van der Waals surface area contributed by atoms with Gasteiger partial charge in [0.05, 0.1) is 24.8 Å². The van der Waals surface area contributed by atoms with E-state index < -0.39 is 17.6 Å². The summed E-state index contributed by atoms with van der Waals surface area (Å²) in [6.45, 7) is 2.01. The molecule has 23 heavy (non-hydrogen) atoms. The Kier molecular flexibility index (Phi) is 4.28. The molecule has 3 rings (SSSR count). The van der Waals surface area contributed by atoms with Crippen molar-refractivity contribution in [3.63, 3.8) is 0 Å². The normalized spacial score (nSPS) is 19.3. The highest BCUT2D eigenvalue weighted by atomic mass is 16.7.